The highest BCUT2D eigenvalue weighted by Crippen LogP contribution is 2.29. The fourth-order valence-corrected chi connectivity index (χ4v) is 4.63. The number of piperidine rings is 1. The Balaban J connectivity index is 0.00000264. The summed E-state index contributed by atoms with van der Waals surface area (Å²) in [6.45, 7) is 14.0. The van der Waals surface area contributed by atoms with Crippen LogP contribution < -0.4 is 5.32 Å². The molecule has 0 aliphatic carbocycles. The van der Waals surface area contributed by atoms with E-state index in [1.807, 2.05) is 7.05 Å². The molecule has 1 atom stereocenters. The molecule has 0 saturated carbocycles. The number of aliphatic imine (C=N–C) groups is 1. The van der Waals surface area contributed by atoms with Crippen molar-refractivity contribution in [3.8, 4) is 0 Å². The SMILES string of the molecule is CN=C(NCCCN1CCCC(C)C1)N1CCSC(C)(C)C1.I. The maximum absolute atomic E-state index is 4.48. The molecule has 1 N–H and O–H groups in total. The summed E-state index contributed by atoms with van der Waals surface area (Å²) in [5.41, 5.74) is 0. The summed E-state index contributed by atoms with van der Waals surface area (Å²) in [5.74, 6) is 3.15. The number of nitrogens with one attached hydrogen (secondary N) is 1. The maximum Gasteiger partial charge on any atom is 0.193 e. The van der Waals surface area contributed by atoms with Crippen molar-refractivity contribution in [1.82, 2.24) is 15.1 Å². The highest BCUT2D eigenvalue weighted by atomic mass is 127. The first-order valence-corrected chi connectivity index (χ1v) is 9.80. The fourth-order valence-electron chi connectivity index (χ4n) is 3.52. The minimum Gasteiger partial charge on any atom is -0.356 e. The average molecular weight is 454 g/mol. The van der Waals surface area contributed by atoms with E-state index >= 15 is 0 Å². The first-order chi connectivity index (χ1) is 10.5. The van der Waals surface area contributed by atoms with Crippen LogP contribution in [0.5, 0.6) is 0 Å². The molecule has 0 bridgehead atoms. The smallest absolute Gasteiger partial charge is 0.193 e. The van der Waals surface area contributed by atoms with Crippen molar-refractivity contribution in [2.24, 2.45) is 10.9 Å². The van der Waals surface area contributed by atoms with Crippen molar-refractivity contribution >= 4 is 41.7 Å². The lowest BCUT2D eigenvalue weighted by Gasteiger charge is -2.39. The average Bonchev–Trinajstić information content (AvgIpc) is 2.46. The first kappa shape index (κ1) is 21.4. The predicted octanol–water partition coefficient (Wildman–Crippen LogP) is 3.13. The molecule has 2 aliphatic heterocycles. The van der Waals surface area contributed by atoms with Crippen LogP contribution in [0, 0.1) is 5.92 Å². The van der Waals surface area contributed by atoms with E-state index in [-0.39, 0.29) is 24.0 Å². The lowest BCUT2D eigenvalue weighted by molar-refractivity contribution is 0.182. The van der Waals surface area contributed by atoms with E-state index in [4.69, 9.17) is 0 Å². The van der Waals surface area contributed by atoms with E-state index in [2.05, 4.69) is 52.6 Å². The summed E-state index contributed by atoms with van der Waals surface area (Å²) in [5, 5.41) is 3.57. The Morgan fingerprint density at radius 2 is 2.13 bits per heavy atom. The predicted molar refractivity (Wildman–Crippen MR) is 114 cm³/mol. The van der Waals surface area contributed by atoms with E-state index in [1.165, 1.54) is 44.6 Å². The lowest BCUT2D eigenvalue weighted by Crippen LogP contribution is -2.51. The Kier molecular flexibility index (Phi) is 9.59. The zero-order chi connectivity index (χ0) is 16.0. The second-order valence-electron chi connectivity index (χ2n) is 7.41. The second kappa shape index (κ2) is 10.3. The topological polar surface area (TPSA) is 30.9 Å². The van der Waals surface area contributed by atoms with Crippen molar-refractivity contribution in [2.45, 2.75) is 44.8 Å². The number of rotatable bonds is 4. The van der Waals surface area contributed by atoms with E-state index in [0.29, 0.717) is 4.75 Å². The van der Waals surface area contributed by atoms with Gasteiger partial charge in [0.25, 0.3) is 0 Å². The number of likely N-dealkylation sites (tertiary alicyclic amines) is 1. The van der Waals surface area contributed by atoms with Gasteiger partial charge in [0.05, 0.1) is 0 Å². The molecule has 1 unspecified atom stereocenters. The third kappa shape index (κ3) is 7.38. The number of halogens is 1. The number of thioether (sulfide) groups is 1. The van der Waals surface area contributed by atoms with Crippen LogP contribution in [0.25, 0.3) is 0 Å². The fraction of sp³-hybridized carbons (Fsp3) is 0.941. The maximum atomic E-state index is 4.48. The third-order valence-electron chi connectivity index (χ3n) is 4.61. The van der Waals surface area contributed by atoms with Crippen LogP contribution in [-0.2, 0) is 0 Å². The highest BCUT2D eigenvalue weighted by Gasteiger charge is 2.28. The van der Waals surface area contributed by atoms with E-state index < -0.39 is 0 Å². The number of guanidine groups is 1. The Labute approximate surface area is 164 Å². The van der Waals surface area contributed by atoms with Gasteiger partial charge < -0.3 is 15.1 Å². The molecule has 0 radical (unpaired) electrons. The first-order valence-electron chi connectivity index (χ1n) is 8.82. The van der Waals surface area contributed by atoms with E-state index in [1.54, 1.807) is 0 Å². The van der Waals surface area contributed by atoms with Gasteiger partial charge in [0.2, 0.25) is 0 Å². The largest absolute Gasteiger partial charge is 0.356 e. The van der Waals surface area contributed by atoms with Gasteiger partial charge in [-0.15, -0.1) is 24.0 Å². The van der Waals surface area contributed by atoms with Gasteiger partial charge in [0.15, 0.2) is 5.96 Å². The van der Waals surface area contributed by atoms with Crippen molar-refractivity contribution in [3.05, 3.63) is 0 Å². The van der Waals surface area contributed by atoms with Crippen LogP contribution in [-0.4, -0.2) is 72.6 Å². The van der Waals surface area contributed by atoms with Gasteiger partial charge in [-0.05, 0) is 52.1 Å². The van der Waals surface area contributed by atoms with Crippen LogP contribution in [0.1, 0.15) is 40.0 Å². The normalized spacial score (nSPS) is 25.8. The van der Waals surface area contributed by atoms with Gasteiger partial charge in [0, 0.05) is 43.7 Å². The van der Waals surface area contributed by atoms with E-state index in [9.17, 15) is 0 Å². The molecule has 2 fully saturated rings. The van der Waals surface area contributed by atoms with Crippen molar-refractivity contribution in [1.29, 1.82) is 0 Å². The molecule has 0 aromatic heterocycles. The zero-order valence-electron chi connectivity index (χ0n) is 15.3. The second-order valence-corrected chi connectivity index (χ2v) is 9.21. The molecule has 2 aliphatic rings. The van der Waals surface area contributed by atoms with Crippen LogP contribution in [0.2, 0.25) is 0 Å². The molecule has 0 aromatic rings. The summed E-state index contributed by atoms with van der Waals surface area (Å²) >= 11 is 2.07. The summed E-state index contributed by atoms with van der Waals surface area (Å²) in [7, 11) is 1.91. The van der Waals surface area contributed by atoms with E-state index in [0.717, 1.165) is 31.5 Å². The van der Waals surface area contributed by atoms with Crippen molar-refractivity contribution in [2.75, 3.05) is 52.1 Å². The Morgan fingerprint density at radius 1 is 1.35 bits per heavy atom. The third-order valence-corrected chi connectivity index (χ3v) is 5.91. The van der Waals surface area contributed by atoms with Crippen LogP contribution >= 0.6 is 35.7 Å². The van der Waals surface area contributed by atoms with Crippen molar-refractivity contribution in [3.63, 3.8) is 0 Å². The Morgan fingerprint density at radius 3 is 2.78 bits per heavy atom. The van der Waals surface area contributed by atoms with Gasteiger partial charge >= 0.3 is 0 Å². The summed E-state index contributed by atoms with van der Waals surface area (Å²) in [6.07, 6.45) is 3.98. The monoisotopic (exact) mass is 454 g/mol. The molecule has 6 heteroatoms. The summed E-state index contributed by atoms with van der Waals surface area (Å²) in [6, 6.07) is 0. The molecule has 2 saturated heterocycles. The Bertz CT molecular complexity index is 376. The molecule has 0 spiro atoms. The Hall–Kier alpha value is 0.310. The minimum atomic E-state index is 0. The van der Waals surface area contributed by atoms with Gasteiger partial charge in [-0.1, -0.05) is 6.92 Å². The van der Waals surface area contributed by atoms with Crippen LogP contribution in [0.4, 0.5) is 0 Å². The molecule has 2 rings (SSSR count). The number of hydrogen-bond acceptors (Lipinski definition) is 3. The molecule has 23 heavy (non-hydrogen) atoms. The molecule has 4 nitrogen and oxygen atoms in total. The lowest BCUT2D eigenvalue weighted by atomic mass is 10.0. The minimum absolute atomic E-state index is 0. The number of nitrogens with zero attached hydrogens (tertiary/aromatic N) is 3. The van der Waals surface area contributed by atoms with Crippen LogP contribution in [0.15, 0.2) is 4.99 Å². The molecule has 136 valence electrons. The quantitative estimate of drug-likeness (QED) is 0.306. The molecule has 2 heterocycles. The number of hydrogen-bond donors (Lipinski definition) is 1. The highest BCUT2D eigenvalue weighted by molar-refractivity contribution is 14.0. The zero-order valence-corrected chi connectivity index (χ0v) is 18.5. The van der Waals surface area contributed by atoms with Crippen molar-refractivity contribution < 1.29 is 0 Å². The summed E-state index contributed by atoms with van der Waals surface area (Å²) in [4.78, 5) is 9.52. The standard InChI is InChI=1S/C17H34N4S.HI/c1-15-7-5-9-20(13-15)10-6-8-19-16(18-4)21-11-12-22-17(2,3)14-21;/h15H,5-14H2,1-4H3,(H,18,19);1H. The van der Waals surface area contributed by atoms with Gasteiger partial charge in [-0.2, -0.15) is 11.8 Å². The molecular weight excluding hydrogens is 419 g/mol. The van der Waals surface area contributed by atoms with Crippen LogP contribution in [0.3, 0.4) is 0 Å². The molecular formula is C17H35IN4S. The van der Waals surface area contributed by atoms with Gasteiger partial charge in [0.1, 0.15) is 0 Å². The molecule has 0 amide bonds. The summed E-state index contributed by atoms with van der Waals surface area (Å²) < 4.78 is 0.333. The molecule has 0 aromatic carbocycles. The van der Waals surface area contributed by atoms with Gasteiger partial charge in [-0.3, -0.25) is 4.99 Å². The van der Waals surface area contributed by atoms with Gasteiger partial charge in [-0.25, -0.2) is 0 Å².